The summed E-state index contributed by atoms with van der Waals surface area (Å²) < 4.78 is 0. The van der Waals surface area contributed by atoms with Crippen LogP contribution in [-0.4, -0.2) is 16.5 Å². The van der Waals surface area contributed by atoms with Crippen LogP contribution in [0.2, 0.25) is 5.02 Å². The van der Waals surface area contributed by atoms with Crippen LogP contribution in [-0.2, 0) is 13.0 Å². The molecule has 0 amide bonds. The maximum absolute atomic E-state index is 5.90. The van der Waals surface area contributed by atoms with E-state index >= 15 is 0 Å². The van der Waals surface area contributed by atoms with Crippen molar-refractivity contribution < 1.29 is 0 Å². The second-order valence-electron chi connectivity index (χ2n) is 5.91. The van der Waals surface area contributed by atoms with E-state index in [0.717, 1.165) is 30.4 Å². The zero-order chi connectivity index (χ0) is 17.5. The highest BCUT2D eigenvalue weighted by molar-refractivity contribution is 6.30. The molecule has 0 unspecified atom stereocenters. The summed E-state index contributed by atoms with van der Waals surface area (Å²) in [6.07, 6.45) is 2.65. The van der Waals surface area contributed by atoms with E-state index in [4.69, 9.17) is 11.6 Å². The molecule has 0 saturated carbocycles. The number of hydrogen-bond donors (Lipinski definition) is 2. The molecule has 0 bridgehead atoms. The predicted octanol–water partition coefficient (Wildman–Crippen LogP) is 4.71. The number of benzene rings is 2. The summed E-state index contributed by atoms with van der Waals surface area (Å²) in [5.41, 5.74) is 3.72. The predicted molar refractivity (Wildman–Crippen MR) is 104 cm³/mol. The van der Waals surface area contributed by atoms with Gasteiger partial charge in [0.15, 0.2) is 0 Å². The summed E-state index contributed by atoms with van der Waals surface area (Å²) in [6.45, 7) is 3.60. The Morgan fingerprint density at radius 3 is 2.60 bits per heavy atom. The van der Waals surface area contributed by atoms with Gasteiger partial charge in [0.25, 0.3) is 0 Å². The lowest BCUT2D eigenvalue weighted by molar-refractivity contribution is 0.979. The minimum atomic E-state index is 0.628. The Labute approximate surface area is 153 Å². The van der Waals surface area contributed by atoms with Crippen molar-refractivity contribution in [1.29, 1.82) is 0 Å². The molecule has 0 radical (unpaired) electrons. The first-order valence-electron chi connectivity index (χ1n) is 8.30. The van der Waals surface area contributed by atoms with Gasteiger partial charge in [0.2, 0.25) is 5.95 Å². The standard InChI is InChI=1S/C20H21ClN4/c1-15-3-2-4-17(13-15)14-24-19-10-12-23-20(25-19)22-11-9-16-5-7-18(21)8-6-16/h2-8,10,12-13H,9,11,14H2,1H3,(H2,22,23,24,25). The fourth-order valence-corrected chi connectivity index (χ4v) is 2.65. The maximum Gasteiger partial charge on any atom is 0.224 e. The summed E-state index contributed by atoms with van der Waals surface area (Å²) in [6, 6.07) is 18.2. The summed E-state index contributed by atoms with van der Waals surface area (Å²) >= 11 is 5.90. The molecule has 0 atom stereocenters. The van der Waals surface area contributed by atoms with Crippen LogP contribution >= 0.6 is 11.6 Å². The van der Waals surface area contributed by atoms with Crippen molar-refractivity contribution in [3.8, 4) is 0 Å². The number of hydrogen-bond acceptors (Lipinski definition) is 4. The molecule has 5 heteroatoms. The van der Waals surface area contributed by atoms with Crippen LogP contribution < -0.4 is 10.6 Å². The van der Waals surface area contributed by atoms with Crippen molar-refractivity contribution in [2.24, 2.45) is 0 Å². The van der Waals surface area contributed by atoms with Crippen molar-refractivity contribution in [2.75, 3.05) is 17.2 Å². The van der Waals surface area contributed by atoms with E-state index in [0.29, 0.717) is 5.95 Å². The van der Waals surface area contributed by atoms with E-state index in [1.165, 1.54) is 16.7 Å². The highest BCUT2D eigenvalue weighted by Gasteiger charge is 2.00. The second-order valence-corrected chi connectivity index (χ2v) is 6.35. The molecular formula is C20H21ClN4. The number of aromatic nitrogens is 2. The molecule has 0 aliphatic heterocycles. The largest absolute Gasteiger partial charge is 0.366 e. The van der Waals surface area contributed by atoms with E-state index < -0.39 is 0 Å². The third kappa shape index (κ3) is 5.47. The molecule has 1 aromatic heterocycles. The topological polar surface area (TPSA) is 49.8 Å². The van der Waals surface area contributed by atoms with Crippen molar-refractivity contribution in [3.63, 3.8) is 0 Å². The first-order chi connectivity index (χ1) is 12.2. The minimum absolute atomic E-state index is 0.628. The van der Waals surface area contributed by atoms with Crippen LogP contribution in [0.1, 0.15) is 16.7 Å². The number of rotatable bonds is 7. The quantitative estimate of drug-likeness (QED) is 0.646. The SMILES string of the molecule is Cc1cccc(CNc2ccnc(NCCc3ccc(Cl)cc3)n2)c1. The third-order valence-corrected chi connectivity index (χ3v) is 4.07. The average Bonchev–Trinajstić information content (AvgIpc) is 2.62. The molecule has 0 aliphatic carbocycles. The van der Waals surface area contributed by atoms with Crippen LogP contribution in [0, 0.1) is 6.92 Å². The van der Waals surface area contributed by atoms with Crippen LogP contribution in [0.25, 0.3) is 0 Å². The third-order valence-electron chi connectivity index (χ3n) is 3.82. The molecule has 1 heterocycles. The maximum atomic E-state index is 5.90. The molecule has 3 aromatic rings. The smallest absolute Gasteiger partial charge is 0.224 e. The number of aryl methyl sites for hydroxylation is 1. The molecule has 0 saturated heterocycles. The molecule has 0 spiro atoms. The number of halogens is 1. The Bertz CT molecular complexity index is 818. The minimum Gasteiger partial charge on any atom is -0.366 e. The highest BCUT2D eigenvalue weighted by Crippen LogP contribution is 2.11. The number of nitrogens with zero attached hydrogens (tertiary/aromatic N) is 2. The Morgan fingerprint density at radius 1 is 0.960 bits per heavy atom. The lowest BCUT2D eigenvalue weighted by Crippen LogP contribution is -2.09. The summed E-state index contributed by atoms with van der Waals surface area (Å²) in [5, 5.41) is 7.35. The molecule has 0 aliphatic rings. The first-order valence-corrected chi connectivity index (χ1v) is 8.67. The van der Waals surface area contributed by atoms with Gasteiger partial charge in [-0.25, -0.2) is 4.98 Å². The van der Waals surface area contributed by atoms with Gasteiger partial charge in [0.05, 0.1) is 0 Å². The molecule has 2 aromatic carbocycles. The molecule has 2 N–H and O–H groups in total. The van der Waals surface area contributed by atoms with E-state index in [1.807, 2.05) is 30.3 Å². The molecule has 128 valence electrons. The van der Waals surface area contributed by atoms with Gasteiger partial charge in [0.1, 0.15) is 5.82 Å². The monoisotopic (exact) mass is 352 g/mol. The van der Waals surface area contributed by atoms with Crippen LogP contribution in [0.4, 0.5) is 11.8 Å². The highest BCUT2D eigenvalue weighted by atomic mass is 35.5. The van der Waals surface area contributed by atoms with Gasteiger partial charge < -0.3 is 10.6 Å². The molecule has 3 rings (SSSR count). The molecule has 25 heavy (non-hydrogen) atoms. The van der Waals surface area contributed by atoms with E-state index in [9.17, 15) is 0 Å². The van der Waals surface area contributed by atoms with Crippen molar-refractivity contribution in [2.45, 2.75) is 19.9 Å². The van der Waals surface area contributed by atoms with Gasteiger partial charge in [0, 0.05) is 24.3 Å². The Kier molecular flexibility index (Phi) is 5.86. The Hall–Kier alpha value is -2.59. The number of anilines is 2. The van der Waals surface area contributed by atoms with Gasteiger partial charge in [-0.15, -0.1) is 0 Å². The lowest BCUT2D eigenvalue weighted by Gasteiger charge is -2.09. The zero-order valence-electron chi connectivity index (χ0n) is 14.2. The van der Waals surface area contributed by atoms with Gasteiger partial charge in [-0.3, -0.25) is 0 Å². The van der Waals surface area contributed by atoms with Gasteiger partial charge in [-0.05, 0) is 42.7 Å². The Morgan fingerprint density at radius 2 is 1.80 bits per heavy atom. The van der Waals surface area contributed by atoms with Crippen molar-refractivity contribution >= 4 is 23.4 Å². The summed E-state index contributed by atoms with van der Waals surface area (Å²) in [4.78, 5) is 8.77. The molecular weight excluding hydrogens is 332 g/mol. The van der Waals surface area contributed by atoms with Crippen molar-refractivity contribution in [3.05, 3.63) is 82.5 Å². The van der Waals surface area contributed by atoms with E-state index in [-0.39, 0.29) is 0 Å². The van der Waals surface area contributed by atoms with Crippen molar-refractivity contribution in [1.82, 2.24) is 9.97 Å². The van der Waals surface area contributed by atoms with E-state index in [2.05, 4.69) is 51.8 Å². The van der Waals surface area contributed by atoms with Gasteiger partial charge in [-0.1, -0.05) is 53.6 Å². The second kappa shape index (κ2) is 8.49. The number of nitrogens with one attached hydrogen (secondary N) is 2. The molecule has 0 fully saturated rings. The summed E-state index contributed by atoms with van der Waals surface area (Å²) in [5.74, 6) is 1.44. The Balaban J connectivity index is 1.51. The lowest BCUT2D eigenvalue weighted by atomic mass is 10.1. The van der Waals surface area contributed by atoms with Gasteiger partial charge >= 0.3 is 0 Å². The fraction of sp³-hybridized carbons (Fsp3) is 0.200. The van der Waals surface area contributed by atoms with Crippen LogP contribution in [0.5, 0.6) is 0 Å². The normalized spacial score (nSPS) is 10.5. The average molecular weight is 353 g/mol. The van der Waals surface area contributed by atoms with Crippen LogP contribution in [0.3, 0.4) is 0 Å². The van der Waals surface area contributed by atoms with Gasteiger partial charge in [-0.2, -0.15) is 4.98 Å². The fourth-order valence-electron chi connectivity index (χ4n) is 2.53. The molecule has 4 nitrogen and oxygen atoms in total. The van der Waals surface area contributed by atoms with Crippen LogP contribution in [0.15, 0.2) is 60.8 Å². The van der Waals surface area contributed by atoms with E-state index in [1.54, 1.807) is 6.20 Å². The zero-order valence-corrected chi connectivity index (χ0v) is 14.9. The first kappa shape index (κ1) is 17.2. The summed E-state index contributed by atoms with van der Waals surface area (Å²) in [7, 11) is 0.